The fourth-order valence-electron chi connectivity index (χ4n) is 16.2. The van der Waals surface area contributed by atoms with Gasteiger partial charge in [-0.2, -0.15) is 0 Å². The minimum atomic E-state index is -1.78. The second-order valence-electron chi connectivity index (χ2n) is 39.2. The first kappa shape index (κ1) is 115. The molecule has 0 aromatic rings. The molecule has 0 amide bonds. The summed E-state index contributed by atoms with van der Waals surface area (Å²) in [7, 11) is 0. The molecule has 122 heavy (non-hydrogen) atoms. The predicted octanol–water partition coefficient (Wildman–Crippen LogP) is -1.14. The molecule has 728 valence electrons. The summed E-state index contributed by atoms with van der Waals surface area (Å²) >= 11 is 0. The van der Waals surface area contributed by atoms with Crippen molar-refractivity contribution in [2.45, 2.75) is 470 Å². The molecule has 0 aromatic carbocycles. The van der Waals surface area contributed by atoms with Gasteiger partial charge in [0.15, 0.2) is 31.5 Å². The second-order valence-corrected chi connectivity index (χ2v) is 39.2. The van der Waals surface area contributed by atoms with Crippen LogP contribution in [0.25, 0.3) is 0 Å². The van der Waals surface area contributed by atoms with E-state index in [0.29, 0.717) is 19.3 Å². The highest BCUT2D eigenvalue weighted by molar-refractivity contribution is 5.03. The fraction of sp³-hybridized carbons (Fsp3) is 1.00. The minimum Gasteiger partial charge on any atom is -0.394 e. The first-order valence-electron chi connectivity index (χ1n) is 43.8. The Balaban J connectivity index is 0.000000419. The Labute approximate surface area is 722 Å². The van der Waals surface area contributed by atoms with Crippen LogP contribution in [0.1, 0.15) is 213 Å². The standard InChI is InChI=1S/C26H48O13.C20H38O8.C18H34O8.C15H28O8.3C2H6/c1-10-13(28)17(32)20(22(35-10)26(5,6)7)38-24-21(18(33)14(29)11(36-24)8-25(2,3)4)39-23-19(34)16(31)15(30)12(9-27)37-23;1-9-11(21)14(24)16(17(26-9)20(5,6)7)28-18-15(25)13(23)12(22)10(27-18)8-19(2,3)4;1-8-12(20)9(2)24-11(7-19)16(8)26-17-15(23)14(22)13(21)10(25-17)6-18(3,4)5;1-6-9(4-16)22-15(13(20)12(6)19)23-14-7(2)11(18)8(3)21-10(14)5-17;3*1-2/h10-24,27-34H,8-9H2,1-7H3;9-18,21-25H,8H2,1-7H3;8-17,19-23H,6-7H2,1-5H3;6-20H,4-5H2,1-3H3;3*1-2H3/t10?,11?,12?,13-,14+,15+,16+,17-,18+,19?,20?,21?,22+,23-,24-;9?,10?,11-,12+,13+,14-,15?,16?,17+,18-;8-,9+,10-,11-,12-,13-,14+,15-,16+,17+;6-,7+,8-,9+,10+,11+,12-,13+,14-,15-;;;/m0010.../s1. The molecule has 9 aliphatic heterocycles. The van der Waals surface area contributed by atoms with Crippen molar-refractivity contribution < 1.29 is 184 Å². The van der Waals surface area contributed by atoms with Crippen molar-refractivity contribution >= 4 is 0 Å². The molecule has 0 bridgehead atoms. The molecule has 10 unspecified atom stereocenters. The van der Waals surface area contributed by atoms with Crippen LogP contribution in [0.3, 0.4) is 0 Å². The molecule has 0 spiro atoms. The van der Waals surface area contributed by atoms with Gasteiger partial charge in [0.05, 0.1) is 118 Å². The summed E-state index contributed by atoms with van der Waals surface area (Å²) in [4.78, 5) is 0. The number of aliphatic hydroxyl groups excluding tert-OH is 23. The Kier molecular flexibility index (Phi) is 46.4. The zero-order valence-electron chi connectivity index (χ0n) is 77.4. The molecule has 9 heterocycles. The Morgan fingerprint density at radius 2 is 0.434 bits per heavy atom. The smallest absolute Gasteiger partial charge is 0.187 e. The largest absolute Gasteiger partial charge is 0.394 e. The van der Waals surface area contributed by atoms with E-state index in [0.717, 1.165) is 0 Å². The van der Waals surface area contributed by atoms with Gasteiger partial charge in [-0.3, -0.25) is 0 Å². The van der Waals surface area contributed by atoms with Gasteiger partial charge < -0.3 is 184 Å². The summed E-state index contributed by atoms with van der Waals surface area (Å²) in [6.07, 6.45) is -45.5. The Morgan fingerprint density at radius 1 is 0.205 bits per heavy atom. The van der Waals surface area contributed by atoms with E-state index in [4.69, 9.17) is 66.3 Å². The molecule has 0 radical (unpaired) electrons. The lowest BCUT2D eigenvalue weighted by atomic mass is 9.80. The highest BCUT2D eigenvalue weighted by atomic mass is 16.8. The van der Waals surface area contributed by atoms with Gasteiger partial charge in [-0.25, -0.2) is 0 Å². The van der Waals surface area contributed by atoms with Gasteiger partial charge in [0.2, 0.25) is 0 Å². The highest BCUT2D eigenvalue weighted by Gasteiger charge is 2.59. The summed E-state index contributed by atoms with van der Waals surface area (Å²) in [6, 6.07) is 0. The van der Waals surface area contributed by atoms with Crippen LogP contribution in [0.5, 0.6) is 0 Å². The summed E-state index contributed by atoms with van der Waals surface area (Å²) in [5.74, 6) is -1.19. The van der Waals surface area contributed by atoms with Gasteiger partial charge in [0, 0.05) is 17.8 Å². The predicted molar refractivity (Wildman–Crippen MR) is 440 cm³/mol. The Hall–Kier alpha value is -1.48. The fourth-order valence-corrected chi connectivity index (χ4v) is 16.2. The van der Waals surface area contributed by atoms with Gasteiger partial charge in [0.25, 0.3) is 0 Å². The normalized spacial score (nSPS) is 46.0. The molecule has 37 heteroatoms. The van der Waals surface area contributed by atoms with Crippen LogP contribution >= 0.6 is 0 Å². The van der Waals surface area contributed by atoms with Crippen molar-refractivity contribution in [1.82, 2.24) is 0 Å². The van der Waals surface area contributed by atoms with E-state index < -0.39 is 281 Å². The average Bonchev–Trinajstić information content (AvgIpc) is 0.764. The van der Waals surface area contributed by atoms with Crippen LogP contribution in [-0.2, 0) is 66.3 Å². The van der Waals surface area contributed by atoms with Crippen molar-refractivity contribution in [3.05, 3.63) is 0 Å². The van der Waals surface area contributed by atoms with Crippen LogP contribution in [0.15, 0.2) is 0 Å². The molecule has 9 aliphatic rings. The van der Waals surface area contributed by atoms with Crippen molar-refractivity contribution in [1.29, 1.82) is 0 Å². The van der Waals surface area contributed by atoms with E-state index in [2.05, 4.69) is 0 Å². The number of rotatable bonds is 17. The van der Waals surface area contributed by atoms with Gasteiger partial charge >= 0.3 is 0 Å². The lowest BCUT2D eigenvalue weighted by molar-refractivity contribution is -0.384. The number of aliphatic hydroxyl groups is 23. The van der Waals surface area contributed by atoms with Gasteiger partial charge in [-0.15, -0.1) is 0 Å². The van der Waals surface area contributed by atoms with Crippen molar-refractivity contribution in [2.75, 3.05) is 26.4 Å². The van der Waals surface area contributed by atoms with E-state index in [1.807, 2.05) is 145 Å². The molecule has 23 N–H and O–H groups in total. The molecular weight excluding hydrogens is 1610 g/mol. The molecular formula is C85H166O37. The summed E-state index contributed by atoms with van der Waals surface area (Å²) in [6.45, 7) is 51.3. The van der Waals surface area contributed by atoms with Crippen molar-refractivity contribution in [2.24, 2.45) is 44.8 Å². The van der Waals surface area contributed by atoms with Crippen LogP contribution in [0.2, 0.25) is 0 Å². The van der Waals surface area contributed by atoms with Gasteiger partial charge in [-0.1, -0.05) is 166 Å². The van der Waals surface area contributed by atoms with Crippen LogP contribution in [-0.4, -0.2) is 401 Å². The Bertz CT molecular complexity index is 2860. The lowest BCUT2D eigenvalue weighted by Gasteiger charge is -2.51. The average molecular weight is 1780 g/mol. The SMILES string of the molecule is CC.CC.CC.CC1O[C@@H](C(C)(C)C)C(O[C@@H]2OC(CC(C)(C)C)[C@@H](O)[C@@H](O)C2O)[C@@H](O)[C@H]1O.CC1O[C@@H](C(C)(C)C)C(O[C@@H]2OC(CC(C)(C)C)[C@@H](O)[C@@H](O)C2O[C@@H]2OC(CO)[C@@H](O)[C@@H](O)C2O)[C@@H](O)[C@H]1O.C[C@@H]1[C@@H](O)[C@H](C)O[C@H](CO)[C@H]1O[C@@H]1O[C@H](CC(C)(C)C)[C@@H](O)[C@H](O)[C@H]1O.C[C@@H]1[C@@H](O)[C@H](C)O[C@H](CO)[C@H]1O[C@@H]1O[C@H](CO)[C@H](C)[C@H](O)[C@H]1O. The quantitative estimate of drug-likeness (QED) is 0.0818. The number of hydrogen-bond acceptors (Lipinski definition) is 37. The minimum absolute atomic E-state index is 0.168. The lowest BCUT2D eigenvalue weighted by Crippen LogP contribution is -2.67. The first-order valence-corrected chi connectivity index (χ1v) is 43.8. The maximum absolute atomic E-state index is 11.2. The van der Waals surface area contributed by atoms with E-state index in [1.165, 1.54) is 0 Å². The van der Waals surface area contributed by atoms with Crippen LogP contribution in [0.4, 0.5) is 0 Å². The second kappa shape index (κ2) is 49.3. The van der Waals surface area contributed by atoms with Crippen molar-refractivity contribution in [3.63, 3.8) is 0 Å². The molecule has 37 nitrogen and oxygen atoms in total. The van der Waals surface area contributed by atoms with E-state index in [9.17, 15) is 117 Å². The zero-order chi connectivity index (χ0) is 94.3. The maximum atomic E-state index is 11.2. The summed E-state index contributed by atoms with van der Waals surface area (Å²) in [5, 5.41) is 236. The first-order chi connectivity index (χ1) is 56.3. The van der Waals surface area contributed by atoms with Gasteiger partial charge in [0.1, 0.15) is 134 Å². The third-order valence-corrected chi connectivity index (χ3v) is 23.3. The summed E-state index contributed by atoms with van der Waals surface area (Å²) in [5.41, 5.74) is -1.67. The topological polar surface area (TPSA) is 595 Å². The number of ether oxygens (including phenoxy) is 14. The van der Waals surface area contributed by atoms with Crippen LogP contribution in [0, 0.1) is 44.8 Å². The molecule has 0 aromatic heterocycles. The van der Waals surface area contributed by atoms with Crippen molar-refractivity contribution in [3.8, 4) is 0 Å². The molecule has 45 atom stereocenters. The van der Waals surface area contributed by atoms with Gasteiger partial charge in [-0.05, 0) is 74.0 Å². The zero-order valence-corrected chi connectivity index (χ0v) is 77.4. The van der Waals surface area contributed by atoms with Crippen LogP contribution < -0.4 is 0 Å². The Morgan fingerprint density at radius 3 is 0.730 bits per heavy atom. The highest BCUT2D eigenvalue weighted by Crippen LogP contribution is 2.44. The maximum Gasteiger partial charge on any atom is 0.187 e. The number of hydrogen-bond donors (Lipinski definition) is 23. The van der Waals surface area contributed by atoms with E-state index in [1.54, 1.807) is 48.5 Å². The van der Waals surface area contributed by atoms with E-state index >= 15 is 0 Å². The molecule has 9 rings (SSSR count). The monoisotopic (exact) mass is 1780 g/mol. The molecule has 0 aliphatic carbocycles. The third-order valence-electron chi connectivity index (χ3n) is 23.3. The molecule has 9 saturated heterocycles. The molecule has 0 saturated carbocycles. The third kappa shape index (κ3) is 30.0. The molecule has 9 fully saturated rings. The van der Waals surface area contributed by atoms with E-state index in [-0.39, 0.29) is 47.9 Å². The summed E-state index contributed by atoms with van der Waals surface area (Å²) < 4.78 is 81.2.